The Hall–Kier alpha value is -1.76. The lowest BCUT2D eigenvalue weighted by Gasteiger charge is -2.12. The summed E-state index contributed by atoms with van der Waals surface area (Å²) in [4.78, 5) is 10.7. The Kier molecular flexibility index (Phi) is 4.55. The van der Waals surface area contributed by atoms with Crippen molar-refractivity contribution in [1.29, 1.82) is 0 Å². The van der Waals surface area contributed by atoms with E-state index in [0.717, 1.165) is 12.1 Å². The van der Waals surface area contributed by atoms with Crippen molar-refractivity contribution < 1.29 is 32.9 Å². The van der Waals surface area contributed by atoms with Crippen LogP contribution >= 0.6 is 0 Å². The van der Waals surface area contributed by atoms with Gasteiger partial charge in [0.25, 0.3) is 0 Å². The number of carboxylic acids is 1. The van der Waals surface area contributed by atoms with Crippen LogP contribution in [0.5, 0.6) is 5.75 Å². The van der Waals surface area contributed by atoms with Crippen molar-refractivity contribution in [1.82, 2.24) is 0 Å². The van der Waals surface area contributed by atoms with Crippen LogP contribution in [-0.4, -0.2) is 29.4 Å². The molecule has 0 aliphatic rings. The Morgan fingerprint density at radius 1 is 1.33 bits per heavy atom. The molecule has 2 N–H and O–H groups in total. The molecule has 7 heteroatoms. The third-order valence-electron chi connectivity index (χ3n) is 2.10. The summed E-state index contributed by atoms with van der Waals surface area (Å²) < 4.78 is 42.8. The predicted molar refractivity (Wildman–Crippen MR) is 55.6 cm³/mol. The number of ether oxygens (including phenoxy) is 1. The first kappa shape index (κ1) is 14.3. The molecule has 0 amide bonds. The van der Waals surface area contributed by atoms with Crippen molar-refractivity contribution in [2.45, 2.75) is 12.6 Å². The van der Waals surface area contributed by atoms with Crippen LogP contribution in [0.1, 0.15) is 22.3 Å². The average molecular weight is 264 g/mol. The number of benzene rings is 1. The highest BCUT2D eigenvalue weighted by Crippen LogP contribution is 2.34. The number of halogens is 3. The highest BCUT2D eigenvalue weighted by molar-refractivity contribution is 5.89. The fourth-order valence-corrected chi connectivity index (χ4v) is 1.29. The van der Waals surface area contributed by atoms with E-state index in [1.165, 1.54) is 0 Å². The molecular weight excluding hydrogens is 253 g/mol. The maximum absolute atomic E-state index is 12.6. The lowest BCUT2D eigenvalue weighted by atomic mass is 10.1. The lowest BCUT2D eigenvalue weighted by molar-refractivity contribution is -0.138. The molecule has 0 atom stereocenters. The highest BCUT2D eigenvalue weighted by Gasteiger charge is 2.35. The van der Waals surface area contributed by atoms with E-state index in [4.69, 9.17) is 14.9 Å². The van der Waals surface area contributed by atoms with Crippen molar-refractivity contribution >= 4 is 5.97 Å². The van der Waals surface area contributed by atoms with Gasteiger partial charge in [-0.3, -0.25) is 0 Å². The van der Waals surface area contributed by atoms with E-state index in [1.807, 2.05) is 0 Å². The molecule has 1 aromatic carbocycles. The summed E-state index contributed by atoms with van der Waals surface area (Å²) in [6, 6.07) is 2.64. The summed E-state index contributed by atoms with van der Waals surface area (Å²) in [5, 5.41) is 17.2. The summed E-state index contributed by atoms with van der Waals surface area (Å²) >= 11 is 0. The molecule has 0 aliphatic carbocycles. The van der Waals surface area contributed by atoms with E-state index in [1.54, 1.807) is 0 Å². The minimum Gasteiger partial charge on any atom is -0.493 e. The monoisotopic (exact) mass is 264 g/mol. The summed E-state index contributed by atoms with van der Waals surface area (Å²) in [5.41, 5.74) is -2.08. The van der Waals surface area contributed by atoms with Gasteiger partial charge in [-0.05, 0) is 18.2 Å². The second kappa shape index (κ2) is 5.72. The number of carbonyl (C=O) groups is 1. The zero-order valence-corrected chi connectivity index (χ0v) is 9.20. The Morgan fingerprint density at radius 2 is 2.00 bits per heavy atom. The Labute approximate surface area is 101 Å². The molecule has 0 bridgehead atoms. The number of rotatable bonds is 5. The molecule has 0 radical (unpaired) electrons. The molecule has 100 valence electrons. The van der Waals surface area contributed by atoms with Crippen LogP contribution < -0.4 is 4.74 Å². The quantitative estimate of drug-likeness (QED) is 0.800. The standard InChI is InChI=1S/C11H11F3O4/c12-11(13,14)9-6-7(18-5-1-4-15)2-3-8(9)10(16)17/h2-3,6,15H,1,4-5H2,(H,16,17). The largest absolute Gasteiger partial charge is 0.493 e. The topological polar surface area (TPSA) is 66.8 Å². The Morgan fingerprint density at radius 3 is 2.50 bits per heavy atom. The summed E-state index contributed by atoms with van der Waals surface area (Å²) in [7, 11) is 0. The third kappa shape index (κ3) is 3.63. The fourth-order valence-electron chi connectivity index (χ4n) is 1.29. The van der Waals surface area contributed by atoms with Crippen LogP contribution in [0.25, 0.3) is 0 Å². The average Bonchev–Trinajstić information content (AvgIpc) is 2.28. The first-order valence-electron chi connectivity index (χ1n) is 5.04. The van der Waals surface area contributed by atoms with Crippen molar-refractivity contribution in [2.24, 2.45) is 0 Å². The van der Waals surface area contributed by atoms with E-state index in [2.05, 4.69) is 0 Å². The summed E-state index contributed by atoms with van der Waals surface area (Å²) in [6.45, 7) is -0.0838. The molecular formula is C11H11F3O4. The molecule has 0 unspecified atom stereocenters. The molecule has 0 aliphatic heterocycles. The smallest absolute Gasteiger partial charge is 0.417 e. The molecule has 1 aromatic rings. The minimum absolute atomic E-state index is 0.0558. The van der Waals surface area contributed by atoms with Crippen molar-refractivity contribution in [3.63, 3.8) is 0 Å². The van der Waals surface area contributed by atoms with Gasteiger partial charge in [0.15, 0.2) is 0 Å². The number of aliphatic hydroxyl groups excluding tert-OH is 1. The molecule has 0 fully saturated rings. The molecule has 0 saturated carbocycles. The van der Waals surface area contributed by atoms with Crippen LogP contribution in [0, 0.1) is 0 Å². The van der Waals surface area contributed by atoms with Crippen molar-refractivity contribution in [3.8, 4) is 5.75 Å². The number of hydrogen-bond acceptors (Lipinski definition) is 3. The van der Waals surface area contributed by atoms with Gasteiger partial charge < -0.3 is 14.9 Å². The van der Waals surface area contributed by atoms with Crippen LogP contribution in [0.2, 0.25) is 0 Å². The third-order valence-corrected chi connectivity index (χ3v) is 2.10. The van der Waals surface area contributed by atoms with Crippen LogP contribution in [0.15, 0.2) is 18.2 Å². The first-order chi connectivity index (χ1) is 8.36. The molecule has 0 heterocycles. The van der Waals surface area contributed by atoms with Crippen molar-refractivity contribution in [2.75, 3.05) is 13.2 Å². The maximum atomic E-state index is 12.6. The number of aliphatic hydroxyl groups is 1. The van der Waals surface area contributed by atoms with Gasteiger partial charge in [0.2, 0.25) is 0 Å². The number of alkyl halides is 3. The second-order valence-corrected chi connectivity index (χ2v) is 3.44. The van der Waals surface area contributed by atoms with E-state index in [-0.39, 0.29) is 25.4 Å². The maximum Gasteiger partial charge on any atom is 0.417 e. The lowest BCUT2D eigenvalue weighted by Crippen LogP contribution is -2.13. The first-order valence-corrected chi connectivity index (χ1v) is 5.04. The van der Waals surface area contributed by atoms with E-state index in [9.17, 15) is 18.0 Å². The van der Waals surface area contributed by atoms with Gasteiger partial charge in [-0.2, -0.15) is 13.2 Å². The van der Waals surface area contributed by atoms with Gasteiger partial charge >= 0.3 is 12.1 Å². The molecule has 18 heavy (non-hydrogen) atoms. The number of carboxylic acid groups (broad SMARTS) is 1. The van der Waals surface area contributed by atoms with Crippen molar-refractivity contribution in [3.05, 3.63) is 29.3 Å². The summed E-state index contributed by atoms with van der Waals surface area (Å²) in [6.07, 6.45) is -4.48. The molecule has 4 nitrogen and oxygen atoms in total. The van der Waals surface area contributed by atoms with E-state index >= 15 is 0 Å². The van der Waals surface area contributed by atoms with Gasteiger partial charge in [-0.25, -0.2) is 4.79 Å². The number of aromatic carboxylic acids is 1. The molecule has 0 aromatic heterocycles. The van der Waals surface area contributed by atoms with Crippen LogP contribution in [0.3, 0.4) is 0 Å². The SMILES string of the molecule is O=C(O)c1ccc(OCCCO)cc1C(F)(F)F. The fraction of sp³-hybridized carbons (Fsp3) is 0.364. The normalized spacial score (nSPS) is 11.3. The Bertz CT molecular complexity index is 429. The van der Waals surface area contributed by atoms with Gasteiger partial charge in [-0.15, -0.1) is 0 Å². The predicted octanol–water partition coefficient (Wildman–Crippen LogP) is 2.16. The minimum atomic E-state index is -4.76. The molecule has 0 saturated heterocycles. The molecule has 1 rings (SSSR count). The zero-order valence-electron chi connectivity index (χ0n) is 9.20. The number of hydrogen-bond donors (Lipinski definition) is 2. The van der Waals surface area contributed by atoms with Crippen LogP contribution in [0.4, 0.5) is 13.2 Å². The van der Waals surface area contributed by atoms with E-state index < -0.39 is 23.3 Å². The van der Waals surface area contributed by atoms with Gasteiger partial charge in [0, 0.05) is 13.0 Å². The van der Waals surface area contributed by atoms with Gasteiger partial charge in [0.1, 0.15) is 5.75 Å². The Balaban J connectivity index is 3.02. The van der Waals surface area contributed by atoms with Gasteiger partial charge in [0.05, 0.1) is 17.7 Å². The zero-order chi connectivity index (χ0) is 13.8. The molecule has 0 spiro atoms. The second-order valence-electron chi connectivity index (χ2n) is 3.44. The highest BCUT2D eigenvalue weighted by atomic mass is 19.4. The van der Waals surface area contributed by atoms with Gasteiger partial charge in [-0.1, -0.05) is 0 Å². The summed E-state index contributed by atoms with van der Waals surface area (Å²) in [5.74, 6) is -1.73. The van der Waals surface area contributed by atoms with Crippen LogP contribution in [-0.2, 0) is 6.18 Å². The van der Waals surface area contributed by atoms with E-state index in [0.29, 0.717) is 6.07 Å².